The first kappa shape index (κ1) is 41.6. The number of aryl methyl sites for hydroxylation is 1. The van der Waals surface area contributed by atoms with Gasteiger partial charge in [-0.1, -0.05) is 109 Å². The quantitative estimate of drug-likeness (QED) is 0.125. The van der Waals surface area contributed by atoms with Crippen LogP contribution in [0.3, 0.4) is 0 Å². The highest BCUT2D eigenvalue weighted by atomic mass is 35.5. The molecule has 0 radical (unpaired) electrons. The molecule has 0 bridgehead atoms. The van der Waals surface area contributed by atoms with E-state index in [0.717, 1.165) is 23.4 Å². The van der Waals surface area contributed by atoms with Gasteiger partial charge in [0.15, 0.2) is 6.20 Å². The highest BCUT2D eigenvalue weighted by molar-refractivity contribution is 5.90. The second-order valence-electron chi connectivity index (χ2n) is 11.3. The molecule has 0 fully saturated rings. The summed E-state index contributed by atoms with van der Waals surface area (Å²) in [6.45, 7) is 6.73. The maximum absolute atomic E-state index is 12.6. The summed E-state index contributed by atoms with van der Waals surface area (Å²) >= 11 is 0. The van der Waals surface area contributed by atoms with Crippen molar-refractivity contribution in [2.45, 2.75) is 143 Å². The summed E-state index contributed by atoms with van der Waals surface area (Å²) in [5.41, 5.74) is 0.810. The average Bonchev–Trinajstić information content (AvgIpc) is 3.01. The molecule has 0 aromatic carbocycles. The van der Waals surface area contributed by atoms with Gasteiger partial charge in [0.1, 0.15) is 32.4 Å². The van der Waals surface area contributed by atoms with Crippen LogP contribution in [0.15, 0.2) is 24.4 Å². The van der Waals surface area contributed by atoms with Crippen molar-refractivity contribution < 1.29 is 45.6 Å². The van der Waals surface area contributed by atoms with Crippen LogP contribution in [0.2, 0.25) is 0 Å². The second kappa shape index (κ2) is 28.1. The van der Waals surface area contributed by atoms with E-state index in [1.807, 2.05) is 35.9 Å². The topological polar surface area (TPSA) is 98.0 Å². The van der Waals surface area contributed by atoms with Gasteiger partial charge in [0.2, 0.25) is 11.6 Å². The van der Waals surface area contributed by atoms with Crippen LogP contribution in [-0.2, 0) is 32.1 Å². The molecule has 0 saturated carbocycles. The first-order valence-corrected chi connectivity index (χ1v) is 16.8. The molecule has 0 aliphatic carbocycles. The highest BCUT2D eigenvalue weighted by Crippen LogP contribution is 2.13. The van der Waals surface area contributed by atoms with Crippen molar-refractivity contribution >= 4 is 18.1 Å². The number of carbonyl (C=O) groups excluding carboxylic acids is 3. The Bertz CT molecular complexity index is 888. The van der Waals surface area contributed by atoms with Crippen molar-refractivity contribution in [3.05, 3.63) is 30.1 Å². The fourth-order valence-corrected chi connectivity index (χ4v) is 4.94. The van der Waals surface area contributed by atoms with Crippen LogP contribution in [0, 0.1) is 0 Å². The number of alkyl carbamates (subject to hydrolysis) is 1. The summed E-state index contributed by atoms with van der Waals surface area (Å²) < 4.78 is 17.8. The SMILES string of the molecule is CCCCCCCCCCCCCCCCCCNC(=O)OCC(COC(=O)N(Cc1cccc[n+]1CC)C(C)=O)OC.[Cl-]. The van der Waals surface area contributed by atoms with Crippen molar-refractivity contribution in [2.75, 3.05) is 26.9 Å². The van der Waals surface area contributed by atoms with Crippen molar-refractivity contribution in [1.29, 1.82) is 0 Å². The van der Waals surface area contributed by atoms with Gasteiger partial charge >= 0.3 is 12.2 Å². The van der Waals surface area contributed by atoms with E-state index < -0.39 is 24.2 Å². The lowest BCUT2D eigenvalue weighted by molar-refractivity contribution is -0.701. The summed E-state index contributed by atoms with van der Waals surface area (Å²) in [4.78, 5) is 37.9. The summed E-state index contributed by atoms with van der Waals surface area (Å²) in [6, 6.07) is 5.61. The number of hydrogen-bond acceptors (Lipinski definition) is 6. The molecule has 0 aliphatic rings. The van der Waals surface area contributed by atoms with Crippen molar-refractivity contribution in [3.63, 3.8) is 0 Å². The number of amides is 3. The van der Waals surface area contributed by atoms with E-state index in [2.05, 4.69) is 12.2 Å². The molecule has 3 amide bonds. The Morgan fingerprint density at radius 1 is 0.795 bits per heavy atom. The molecule has 44 heavy (non-hydrogen) atoms. The Labute approximate surface area is 273 Å². The third-order valence-electron chi connectivity index (χ3n) is 7.72. The van der Waals surface area contributed by atoms with Crippen molar-refractivity contribution in [2.24, 2.45) is 0 Å². The van der Waals surface area contributed by atoms with Gasteiger partial charge in [0.25, 0.3) is 0 Å². The molecule has 10 heteroatoms. The number of nitrogens with one attached hydrogen (secondary N) is 1. The Hall–Kier alpha value is -2.39. The van der Waals surface area contributed by atoms with Crippen molar-refractivity contribution in [1.82, 2.24) is 10.2 Å². The molecule has 9 nitrogen and oxygen atoms in total. The first-order chi connectivity index (χ1) is 20.9. The number of aromatic nitrogens is 1. The Morgan fingerprint density at radius 3 is 1.82 bits per heavy atom. The van der Waals surface area contributed by atoms with E-state index >= 15 is 0 Å². The number of rotatable bonds is 25. The van der Waals surface area contributed by atoms with E-state index in [1.54, 1.807) is 0 Å². The third-order valence-corrected chi connectivity index (χ3v) is 7.72. The lowest BCUT2D eigenvalue weighted by Gasteiger charge is -2.20. The minimum Gasteiger partial charge on any atom is -1.00 e. The number of nitrogens with zero attached hydrogens (tertiary/aromatic N) is 2. The molecular weight excluding hydrogens is 582 g/mol. The van der Waals surface area contributed by atoms with Gasteiger partial charge in [0.05, 0.1) is 0 Å². The van der Waals surface area contributed by atoms with E-state index in [0.29, 0.717) is 13.1 Å². The number of unbranched alkanes of at least 4 members (excludes halogenated alkanes) is 15. The average molecular weight is 642 g/mol. The molecule has 254 valence electrons. The molecule has 1 aromatic heterocycles. The molecule has 0 saturated heterocycles. The number of halogens is 1. The van der Waals surface area contributed by atoms with Gasteiger partial charge in [-0.15, -0.1) is 0 Å². The molecule has 1 rings (SSSR count). The standard InChI is InChI=1S/C34H59N3O6.ClH/c1-5-7-8-9-10-11-12-13-14-15-16-17-18-19-20-22-25-35-33(39)42-28-32(41-4)29-43-34(40)37(30(3)38)27-31-24-21-23-26-36(31)6-2;/h21,23-24,26,32H,5-20,22,25,27-29H2,1-4H3;1H. The van der Waals surface area contributed by atoms with Crippen LogP contribution in [0.4, 0.5) is 9.59 Å². The molecule has 0 aliphatic heterocycles. The fourth-order valence-electron chi connectivity index (χ4n) is 4.94. The minimum atomic E-state index is -0.769. The van der Waals surface area contributed by atoms with Gasteiger partial charge < -0.3 is 31.9 Å². The predicted molar refractivity (Wildman–Crippen MR) is 170 cm³/mol. The lowest BCUT2D eigenvalue weighted by Crippen LogP contribution is -3.00. The normalized spacial score (nSPS) is 11.4. The van der Waals surface area contributed by atoms with Crippen molar-refractivity contribution in [3.8, 4) is 0 Å². The smallest absolute Gasteiger partial charge is 0.417 e. The molecule has 1 N–H and O–H groups in total. The van der Waals surface area contributed by atoms with Crippen LogP contribution in [0.5, 0.6) is 0 Å². The Morgan fingerprint density at radius 2 is 1.32 bits per heavy atom. The molecule has 1 unspecified atom stereocenters. The van der Waals surface area contributed by atoms with Crippen LogP contribution in [-0.4, -0.2) is 56.0 Å². The van der Waals surface area contributed by atoms with E-state index in [9.17, 15) is 14.4 Å². The van der Waals surface area contributed by atoms with Crippen LogP contribution < -0.4 is 22.3 Å². The predicted octanol–water partition coefficient (Wildman–Crippen LogP) is 4.49. The number of ether oxygens (including phenoxy) is 3. The van der Waals surface area contributed by atoms with Crippen LogP contribution in [0.1, 0.15) is 129 Å². The zero-order chi connectivity index (χ0) is 31.5. The Kier molecular flexibility index (Phi) is 26.6. The Balaban J connectivity index is 0.0000185. The number of pyridine rings is 1. The van der Waals surface area contributed by atoms with E-state index in [1.165, 1.54) is 104 Å². The maximum atomic E-state index is 12.6. The van der Waals surface area contributed by atoms with Gasteiger partial charge in [0, 0.05) is 32.7 Å². The summed E-state index contributed by atoms with van der Waals surface area (Å²) in [5.74, 6) is -0.421. The van der Waals surface area contributed by atoms with Crippen LogP contribution in [0.25, 0.3) is 0 Å². The van der Waals surface area contributed by atoms with E-state index in [-0.39, 0.29) is 32.2 Å². The first-order valence-electron chi connectivity index (χ1n) is 16.8. The zero-order valence-electron chi connectivity index (χ0n) is 28.0. The zero-order valence-corrected chi connectivity index (χ0v) is 28.7. The fraction of sp³-hybridized carbons (Fsp3) is 0.765. The number of methoxy groups -OCH3 is 1. The third kappa shape index (κ3) is 20.5. The highest BCUT2D eigenvalue weighted by Gasteiger charge is 2.25. The minimum absolute atomic E-state index is 0. The number of hydrogen-bond donors (Lipinski definition) is 1. The van der Waals surface area contributed by atoms with Gasteiger partial charge in [-0.25, -0.2) is 19.1 Å². The maximum Gasteiger partial charge on any atom is 0.417 e. The molecule has 1 heterocycles. The van der Waals surface area contributed by atoms with Crippen LogP contribution >= 0.6 is 0 Å². The van der Waals surface area contributed by atoms with Gasteiger partial charge in [-0.2, -0.15) is 0 Å². The summed E-state index contributed by atoms with van der Waals surface area (Å²) in [6.07, 6.45) is 20.9. The second-order valence-corrected chi connectivity index (χ2v) is 11.3. The molecule has 0 spiro atoms. The number of imide groups is 1. The number of carbonyl (C=O) groups is 3. The largest absolute Gasteiger partial charge is 1.00 e. The molecular formula is C34H60ClN3O6. The monoisotopic (exact) mass is 641 g/mol. The summed E-state index contributed by atoms with van der Waals surface area (Å²) in [7, 11) is 1.45. The van der Waals surface area contributed by atoms with E-state index in [4.69, 9.17) is 14.2 Å². The van der Waals surface area contributed by atoms with Gasteiger partial charge in [-0.05, 0) is 13.3 Å². The summed E-state index contributed by atoms with van der Waals surface area (Å²) in [5, 5.41) is 2.77. The molecule has 1 atom stereocenters. The van der Waals surface area contributed by atoms with Gasteiger partial charge in [-0.3, -0.25) is 4.79 Å². The molecule has 1 aromatic rings. The lowest BCUT2D eigenvalue weighted by atomic mass is 10.0.